The standard InChI is InChI=1S/C15H20BrN3/c1-3-4-5-13(17)15-18-10(2)14(19-15)11-6-8-12(16)9-7-11/h6-9,13H,3-5,17H2,1-2H3,(H,18,19). The van der Waals surface area contributed by atoms with Crippen molar-refractivity contribution in [3.8, 4) is 11.3 Å². The van der Waals surface area contributed by atoms with Gasteiger partial charge < -0.3 is 10.7 Å². The van der Waals surface area contributed by atoms with Gasteiger partial charge in [0, 0.05) is 15.7 Å². The molecule has 102 valence electrons. The highest BCUT2D eigenvalue weighted by Gasteiger charge is 2.14. The molecule has 0 spiro atoms. The van der Waals surface area contributed by atoms with E-state index in [-0.39, 0.29) is 6.04 Å². The summed E-state index contributed by atoms with van der Waals surface area (Å²) in [6, 6.07) is 8.19. The summed E-state index contributed by atoms with van der Waals surface area (Å²) in [6.45, 7) is 4.22. The van der Waals surface area contributed by atoms with Crippen LogP contribution in [0.25, 0.3) is 11.3 Å². The Balaban J connectivity index is 2.23. The lowest BCUT2D eigenvalue weighted by Crippen LogP contribution is -2.11. The lowest BCUT2D eigenvalue weighted by atomic mass is 10.1. The fraction of sp³-hybridized carbons (Fsp3) is 0.400. The van der Waals surface area contributed by atoms with Crippen molar-refractivity contribution in [2.45, 2.75) is 39.2 Å². The van der Waals surface area contributed by atoms with Crippen LogP contribution in [0, 0.1) is 6.92 Å². The maximum atomic E-state index is 6.16. The minimum atomic E-state index is 0.00264. The first-order valence-corrected chi connectivity index (χ1v) is 7.49. The van der Waals surface area contributed by atoms with Gasteiger partial charge >= 0.3 is 0 Å². The molecule has 0 aliphatic carbocycles. The third kappa shape index (κ3) is 3.45. The molecule has 0 bridgehead atoms. The summed E-state index contributed by atoms with van der Waals surface area (Å²) in [5, 5.41) is 0. The van der Waals surface area contributed by atoms with E-state index >= 15 is 0 Å². The number of aromatic amines is 1. The molecule has 1 aromatic carbocycles. The molecule has 4 heteroatoms. The van der Waals surface area contributed by atoms with Crippen LogP contribution in [-0.2, 0) is 0 Å². The van der Waals surface area contributed by atoms with Gasteiger partial charge in [0.2, 0.25) is 0 Å². The molecule has 0 aliphatic heterocycles. The molecule has 0 amide bonds. The molecule has 3 N–H and O–H groups in total. The molecule has 0 aliphatic rings. The van der Waals surface area contributed by atoms with Crippen LogP contribution in [0.15, 0.2) is 28.7 Å². The number of imidazole rings is 1. The monoisotopic (exact) mass is 321 g/mol. The number of halogens is 1. The van der Waals surface area contributed by atoms with Crippen molar-refractivity contribution in [2.75, 3.05) is 0 Å². The molecule has 1 unspecified atom stereocenters. The molecule has 2 aromatic rings. The number of hydrogen-bond acceptors (Lipinski definition) is 2. The summed E-state index contributed by atoms with van der Waals surface area (Å²) in [5.74, 6) is 0.892. The first kappa shape index (κ1) is 14.3. The lowest BCUT2D eigenvalue weighted by molar-refractivity contribution is 0.579. The number of nitrogens with zero attached hydrogens (tertiary/aromatic N) is 1. The second-order valence-electron chi connectivity index (χ2n) is 4.85. The van der Waals surface area contributed by atoms with E-state index in [2.05, 4.69) is 45.0 Å². The number of rotatable bonds is 5. The molecule has 19 heavy (non-hydrogen) atoms. The summed E-state index contributed by atoms with van der Waals surface area (Å²) in [5.41, 5.74) is 9.35. The van der Waals surface area contributed by atoms with E-state index < -0.39 is 0 Å². The molecule has 0 saturated carbocycles. The Kier molecular flexibility index (Phi) is 4.77. The van der Waals surface area contributed by atoms with Gasteiger partial charge in [-0.3, -0.25) is 0 Å². The second-order valence-corrected chi connectivity index (χ2v) is 5.77. The summed E-state index contributed by atoms with van der Waals surface area (Å²) < 4.78 is 1.07. The van der Waals surface area contributed by atoms with Gasteiger partial charge in [-0.1, -0.05) is 47.8 Å². The Bertz CT molecular complexity index is 531. The van der Waals surface area contributed by atoms with Gasteiger partial charge in [0.1, 0.15) is 5.82 Å². The fourth-order valence-corrected chi connectivity index (χ4v) is 2.37. The Morgan fingerprint density at radius 2 is 2.00 bits per heavy atom. The molecule has 1 heterocycles. The Labute approximate surface area is 122 Å². The first-order valence-electron chi connectivity index (χ1n) is 6.69. The zero-order valence-corrected chi connectivity index (χ0v) is 13.0. The molecule has 2 rings (SSSR count). The minimum Gasteiger partial charge on any atom is -0.344 e. The van der Waals surface area contributed by atoms with Crippen molar-refractivity contribution in [1.29, 1.82) is 0 Å². The molecule has 0 fully saturated rings. The number of nitrogens with two attached hydrogens (primary N) is 1. The molecule has 1 atom stereocenters. The largest absolute Gasteiger partial charge is 0.344 e. The topological polar surface area (TPSA) is 54.7 Å². The summed E-state index contributed by atoms with van der Waals surface area (Å²) in [6.07, 6.45) is 3.27. The predicted octanol–water partition coefficient (Wildman–Crippen LogP) is 4.34. The maximum absolute atomic E-state index is 6.16. The number of aromatic nitrogens is 2. The third-order valence-electron chi connectivity index (χ3n) is 3.24. The molecule has 0 saturated heterocycles. The first-order chi connectivity index (χ1) is 9.11. The van der Waals surface area contributed by atoms with Gasteiger partial charge in [0.25, 0.3) is 0 Å². The van der Waals surface area contributed by atoms with E-state index in [1.165, 1.54) is 0 Å². The summed E-state index contributed by atoms with van der Waals surface area (Å²) >= 11 is 3.45. The van der Waals surface area contributed by atoms with E-state index in [4.69, 9.17) is 5.73 Å². The predicted molar refractivity (Wildman–Crippen MR) is 82.9 cm³/mol. The van der Waals surface area contributed by atoms with Gasteiger partial charge in [-0.15, -0.1) is 0 Å². The average Bonchev–Trinajstić information content (AvgIpc) is 2.79. The van der Waals surface area contributed by atoms with Gasteiger partial charge in [0.05, 0.1) is 11.7 Å². The highest BCUT2D eigenvalue weighted by atomic mass is 79.9. The van der Waals surface area contributed by atoms with Crippen LogP contribution in [0.2, 0.25) is 0 Å². The SMILES string of the molecule is CCCCC(N)c1nc(-c2ccc(Br)cc2)c(C)[nH]1. The van der Waals surface area contributed by atoms with E-state index in [1.54, 1.807) is 0 Å². The van der Waals surface area contributed by atoms with E-state index in [0.29, 0.717) is 0 Å². The number of unbranched alkanes of at least 4 members (excludes halogenated alkanes) is 1. The van der Waals surface area contributed by atoms with Gasteiger partial charge in [-0.05, 0) is 25.5 Å². The molecular weight excluding hydrogens is 302 g/mol. The number of H-pyrrole nitrogens is 1. The molecule has 3 nitrogen and oxygen atoms in total. The number of aryl methyl sites for hydroxylation is 1. The maximum Gasteiger partial charge on any atom is 0.123 e. The van der Waals surface area contributed by atoms with E-state index in [9.17, 15) is 0 Å². The van der Waals surface area contributed by atoms with E-state index in [1.807, 2.05) is 19.1 Å². The number of hydrogen-bond donors (Lipinski definition) is 2. The lowest BCUT2D eigenvalue weighted by Gasteiger charge is -2.06. The van der Waals surface area contributed by atoms with Crippen LogP contribution in [0.3, 0.4) is 0 Å². The zero-order valence-electron chi connectivity index (χ0n) is 11.4. The van der Waals surface area contributed by atoms with Crippen LogP contribution >= 0.6 is 15.9 Å². The van der Waals surface area contributed by atoms with Crippen LogP contribution < -0.4 is 5.73 Å². The summed E-state index contributed by atoms with van der Waals surface area (Å²) in [4.78, 5) is 7.99. The molecular formula is C15H20BrN3. The number of nitrogens with one attached hydrogen (secondary N) is 1. The van der Waals surface area contributed by atoms with Crippen molar-refractivity contribution in [3.63, 3.8) is 0 Å². The highest BCUT2D eigenvalue weighted by Crippen LogP contribution is 2.25. The van der Waals surface area contributed by atoms with E-state index in [0.717, 1.165) is 46.5 Å². The van der Waals surface area contributed by atoms with Gasteiger partial charge in [-0.2, -0.15) is 0 Å². The van der Waals surface area contributed by atoms with Crippen molar-refractivity contribution in [3.05, 3.63) is 40.3 Å². The van der Waals surface area contributed by atoms with Crippen LogP contribution in [-0.4, -0.2) is 9.97 Å². The van der Waals surface area contributed by atoms with Gasteiger partial charge in [-0.25, -0.2) is 4.98 Å². The Morgan fingerprint density at radius 3 is 2.63 bits per heavy atom. The second kappa shape index (κ2) is 6.35. The molecule has 1 aromatic heterocycles. The van der Waals surface area contributed by atoms with Crippen LogP contribution in [0.1, 0.15) is 43.7 Å². The van der Waals surface area contributed by atoms with Crippen molar-refractivity contribution in [1.82, 2.24) is 9.97 Å². The number of benzene rings is 1. The fourth-order valence-electron chi connectivity index (χ4n) is 2.11. The average molecular weight is 322 g/mol. The zero-order chi connectivity index (χ0) is 13.8. The van der Waals surface area contributed by atoms with Crippen molar-refractivity contribution in [2.24, 2.45) is 5.73 Å². The van der Waals surface area contributed by atoms with Crippen LogP contribution in [0.4, 0.5) is 0 Å². The summed E-state index contributed by atoms with van der Waals surface area (Å²) in [7, 11) is 0. The smallest absolute Gasteiger partial charge is 0.123 e. The van der Waals surface area contributed by atoms with Gasteiger partial charge in [0.15, 0.2) is 0 Å². The minimum absolute atomic E-state index is 0.00264. The van der Waals surface area contributed by atoms with Crippen LogP contribution in [0.5, 0.6) is 0 Å². The van der Waals surface area contributed by atoms with Crippen molar-refractivity contribution < 1.29 is 0 Å². The Morgan fingerprint density at radius 1 is 1.32 bits per heavy atom. The highest BCUT2D eigenvalue weighted by molar-refractivity contribution is 9.10. The third-order valence-corrected chi connectivity index (χ3v) is 3.77. The Hall–Kier alpha value is -1.13. The molecule has 0 radical (unpaired) electrons. The normalized spacial score (nSPS) is 12.6. The van der Waals surface area contributed by atoms with Crippen molar-refractivity contribution >= 4 is 15.9 Å². The quantitative estimate of drug-likeness (QED) is 0.860.